The first-order chi connectivity index (χ1) is 51.6. The molecule has 0 N–H and O–H groups in total. The molecule has 480 valence electrons. The van der Waals surface area contributed by atoms with Crippen molar-refractivity contribution < 1.29 is 0 Å². The maximum atomic E-state index is 4.93. The zero-order valence-corrected chi connectivity index (χ0v) is 56.4. The maximum Gasteiger partial charge on any atom is 0.0786 e. The SMILES string of the molecule is c1ccc(-c2ccc3ccc4cccc5ccc2c3c45)nc1.c1ccc2c(-c3ccc4ccc5cccc6ccc3c4c56)nccc2c1.c1ccc2c(c1)ccc1c(-c3ccc4ccc5cccc6ccc3c4c56)nccc12.c1ccc2nc(-c3ccc4ccc5cccc6ccc3c4c56)ccc2c1. The topological polar surface area (TPSA) is 51.6 Å². The van der Waals surface area contributed by atoms with Gasteiger partial charge in [0.25, 0.3) is 0 Å². The lowest BCUT2D eigenvalue weighted by atomic mass is 9.90. The van der Waals surface area contributed by atoms with Gasteiger partial charge in [0.05, 0.1) is 28.3 Å². The number of hydrogen-bond donors (Lipinski definition) is 0. The van der Waals surface area contributed by atoms with E-state index in [4.69, 9.17) is 15.0 Å². The van der Waals surface area contributed by atoms with Gasteiger partial charge < -0.3 is 0 Å². The van der Waals surface area contributed by atoms with Gasteiger partial charge in [-0.1, -0.05) is 309 Å². The minimum atomic E-state index is 1.03. The fraction of sp³-hybridized carbons (Fsp3) is 0. The fourth-order valence-corrected chi connectivity index (χ4v) is 17.0. The molecule has 0 unspecified atom stereocenters. The van der Waals surface area contributed by atoms with E-state index in [9.17, 15) is 0 Å². The van der Waals surface area contributed by atoms with Crippen molar-refractivity contribution in [1.82, 2.24) is 19.9 Å². The third kappa shape index (κ3) is 9.54. The van der Waals surface area contributed by atoms with Gasteiger partial charge >= 0.3 is 0 Å². The van der Waals surface area contributed by atoms with Crippen molar-refractivity contribution in [2.24, 2.45) is 0 Å². The molecule has 0 fully saturated rings. The number of para-hydroxylation sites is 1. The molecular weight excluding hydrogens is 1260 g/mol. The normalized spacial score (nSPS) is 11.8. The lowest BCUT2D eigenvalue weighted by Gasteiger charge is -2.15. The van der Waals surface area contributed by atoms with Crippen molar-refractivity contribution in [3.05, 3.63) is 364 Å². The van der Waals surface area contributed by atoms with Gasteiger partial charge in [-0.15, -0.1) is 0 Å². The number of pyridine rings is 4. The van der Waals surface area contributed by atoms with Crippen LogP contribution in [0.25, 0.3) is 218 Å². The second-order valence-corrected chi connectivity index (χ2v) is 27.4. The summed E-state index contributed by atoms with van der Waals surface area (Å²) in [5.41, 5.74) is 10.00. The molecule has 0 spiro atoms. The molecular formula is C100H60N4. The van der Waals surface area contributed by atoms with Gasteiger partial charge in [0.1, 0.15) is 0 Å². The lowest BCUT2D eigenvalue weighted by molar-refractivity contribution is 1.33. The molecule has 0 aliphatic rings. The number of fused-ring (bicyclic) bond motifs is 5. The second kappa shape index (κ2) is 24.0. The van der Waals surface area contributed by atoms with Crippen molar-refractivity contribution in [3.8, 4) is 45.0 Å². The van der Waals surface area contributed by atoms with Crippen LogP contribution in [0.5, 0.6) is 0 Å². The lowest BCUT2D eigenvalue weighted by Crippen LogP contribution is -1.91. The number of benzene rings is 20. The molecule has 0 aliphatic carbocycles. The van der Waals surface area contributed by atoms with E-state index in [1.807, 2.05) is 36.8 Å². The Morgan fingerprint density at radius 2 is 0.471 bits per heavy atom. The summed E-state index contributed by atoms with van der Waals surface area (Å²) in [6, 6.07) is 124. The standard InChI is InChI=1S/C29H17N.2C25H15N.C21H13N/c1-2-7-22-18(4-1)10-14-25-23(22)16-17-30-29(25)26-15-12-21-9-8-19-5-3-6-20-11-13-24(26)28(21)27(19)20;1-2-7-22-16(4-1)12-15-23(26-22)20-13-10-19-9-8-17-5-3-6-18-11-14-21(20)25(19)24(17)18;1-2-7-20-16(4-1)14-15-26-25(20)22-13-11-19-9-8-17-5-3-6-18-10-12-21(22)24(19)23(17)18;1-2-13-22-19(6-1)17-11-9-16-8-7-14-4-3-5-15-10-12-18(17)21(16)20(14)15/h1-17H;2*1-15H;1-13H. The number of hydrogen-bond acceptors (Lipinski definition) is 4. The molecule has 0 bridgehead atoms. The maximum absolute atomic E-state index is 4.93. The highest BCUT2D eigenvalue weighted by Crippen LogP contribution is 2.45. The van der Waals surface area contributed by atoms with E-state index < -0.39 is 0 Å². The van der Waals surface area contributed by atoms with E-state index in [1.54, 1.807) is 0 Å². The summed E-state index contributed by atoms with van der Waals surface area (Å²) in [5.74, 6) is 0. The Morgan fingerprint density at radius 1 is 0.144 bits per heavy atom. The van der Waals surface area contributed by atoms with Gasteiger partial charge in [0.2, 0.25) is 0 Å². The average molecular weight is 1320 g/mol. The van der Waals surface area contributed by atoms with Gasteiger partial charge in [0.15, 0.2) is 0 Å². The highest BCUT2D eigenvalue weighted by atomic mass is 14.7. The predicted octanol–water partition coefficient (Wildman–Crippen LogP) is 27.2. The largest absolute Gasteiger partial charge is 0.256 e. The van der Waals surface area contributed by atoms with Crippen molar-refractivity contribution in [2.75, 3.05) is 0 Å². The van der Waals surface area contributed by atoms with Crippen LogP contribution in [-0.2, 0) is 0 Å². The van der Waals surface area contributed by atoms with Crippen LogP contribution in [0.15, 0.2) is 364 Å². The van der Waals surface area contributed by atoms with E-state index >= 15 is 0 Å². The highest BCUT2D eigenvalue weighted by Gasteiger charge is 2.19. The van der Waals surface area contributed by atoms with E-state index in [2.05, 4.69) is 333 Å². The number of rotatable bonds is 4. The molecule has 4 aromatic heterocycles. The Morgan fingerprint density at radius 3 is 0.952 bits per heavy atom. The summed E-state index contributed by atoms with van der Waals surface area (Å²) in [4.78, 5) is 19.1. The summed E-state index contributed by atoms with van der Waals surface area (Å²) < 4.78 is 0. The molecule has 4 heteroatoms. The molecule has 0 amide bonds. The van der Waals surface area contributed by atoms with Crippen LogP contribution >= 0.6 is 0 Å². The molecule has 0 saturated carbocycles. The monoisotopic (exact) mass is 1320 g/mol. The van der Waals surface area contributed by atoms with Crippen molar-refractivity contribution in [1.29, 1.82) is 0 Å². The Balaban J connectivity index is 0.0000000901. The van der Waals surface area contributed by atoms with Crippen LogP contribution in [0.3, 0.4) is 0 Å². The third-order valence-electron chi connectivity index (χ3n) is 21.8. The molecule has 24 aromatic rings. The third-order valence-corrected chi connectivity index (χ3v) is 21.8. The molecule has 0 radical (unpaired) electrons. The number of nitrogens with zero attached hydrogens (tertiary/aromatic N) is 4. The molecule has 20 aromatic carbocycles. The van der Waals surface area contributed by atoms with Gasteiger partial charge in [-0.25, -0.2) is 4.98 Å². The highest BCUT2D eigenvalue weighted by molar-refractivity contribution is 6.30. The zero-order valence-electron chi connectivity index (χ0n) is 56.4. The summed E-state index contributed by atoms with van der Waals surface area (Å²) >= 11 is 0. The molecule has 24 rings (SSSR count). The molecule has 0 aliphatic heterocycles. The quantitative estimate of drug-likeness (QED) is 0.165. The van der Waals surface area contributed by atoms with Crippen LogP contribution < -0.4 is 0 Å². The minimum Gasteiger partial charge on any atom is -0.256 e. The Hall–Kier alpha value is -13.8. The summed E-state index contributed by atoms with van der Waals surface area (Å²) in [5, 5.41) is 40.0. The van der Waals surface area contributed by atoms with Crippen LogP contribution in [0, 0.1) is 0 Å². The van der Waals surface area contributed by atoms with Crippen molar-refractivity contribution >= 4 is 172 Å². The van der Waals surface area contributed by atoms with E-state index in [1.165, 1.54) is 189 Å². The van der Waals surface area contributed by atoms with Gasteiger partial charge in [-0.05, 0) is 187 Å². The molecule has 0 atom stereocenters. The Labute approximate surface area is 598 Å². The number of aromatic nitrogens is 4. The van der Waals surface area contributed by atoms with Crippen LogP contribution in [-0.4, -0.2) is 19.9 Å². The second-order valence-electron chi connectivity index (χ2n) is 27.4. The smallest absolute Gasteiger partial charge is 0.0786 e. The fourth-order valence-electron chi connectivity index (χ4n) is 17.0. The molecule has 104 heavy (non-hydrogen) atoms. The minimum absolute atomic E-state index is 1.03. The van der Waals surface area contributed by atoms with Gasteiger partial charge in [-0.3, -0.25) is 15.0 Å². The average Bonchev–Trinajstić information content (AvgIpc) is 0.740. The van der Waals surface area contributed by atoms with Gasteiger partial charge in [0, 0.05) is 57.0 Å². The van der Waals surface area contributed by atoms with Gasteiger partial charge in [-0.2, -0.15) is 0 Å². The molecule has 4 heterocycles. The molecule has 4 nitrogen and oxygen atoms in total. The van der Waals surface area contributed by atoms with Crippen LogP contribution in [0.1, 0.15) is 0 Å². The van der Waals surface area contributed by atoms with E-state index in [-0.39, 0.29) is 0 Å². The first-order valence-electron chi connectivity index (χ1n) is 35.6. The summed E-state index contributed by atoms with van der Waals surface area (Å²) in [6.07, 6.45) is 5.71. The zero-order chi connectivity index (χ0) is 68.3. The van der Waals surface area contributed by atoms with E-state index in [0.717, 1.165) is 28.3 Å². The van der Waals surface area contributed by atoms with Crippen LogP contribution in [0.4, 0.5) is 0 Å². The summed E-state index contributed by atoms with van der Waals surface area (Å²) in [6.45, 7) is 0. The van der Waals surface area contributed by atoms with E-state index in [0.29, 0.717) is 0 Å². The first-order valence-corrected chi connectivity index (χ1v) is 35.6. The first kappa shape index (κ1) is 59.1. The Bertz CT molecular complexity index is 7410. The van der Waals surface area contributed by atoms with Crippen molar-refractivity contribution in [2.45, 2.75) is 0 Å². The van der Waals surface area contributed by atoms with Crippen LogP contribution in [0.2, 0.25) is 0 Å². The Kier molecular flexibility index (Phi) is 13.6. The summed E-state index contributed by atoms with van der Waals surface area (Å²) in [7, 11) is 0. The van der Waals surface area contributed by atoms with Crippen molar-refractivity contribution in [3.63, 3.8) is 0 Å². The molecule has 0 saturated heterocycles. The predicted molar refractivity (Wildman–Crippen MR) is 444 cm³/mol.